The van der Waals surface area contributed by atoms with E-state index in [0.717, 1.165) is 63.2 Å². The highest BCUT2D eigenvalue weighted by Crippen LogP contribution is 2.24. The number of rotatable bonds is 4. The Bertz CT molecular complexity index is 1410. The lowest BCUT2D eigenvalue weighted by atomic mass is 10.1. The van der Waals surface area contributed by atoms with Gasteiger partial charge >= 0.3 is 0 Å². The van der Waals surface area contributed by atoms with Gasteiger partial charge in [0, 0.05) is 22.1 Å². The second-order valence-electron chi connectivity index (χ2n) is 7.91. The van der Waals surface area contributed by atoms with Crippen molar-refractivity contribution in [3.05, 3.63) is 70.3 Å². The quantitative estimate of drug-likeness (QED) is 0.270. The summed E-state index contributed by atoms with van der Waals surface area (Å²) in [4.78, 5) is 16.6. The molecule has 0 saturated carbocycles. The van der Waals surface area contributed by atoms with Crippen LogP contribution in [0.1, 0.15) is 60.1 Å². The van der Waals surface area contributed by atoms with E-state index in [-0.39, 0.29) is 0 Å². The van der Waals surface area contributed by atoms with Gasteiger partial charge in [0.15, 0.2) is 0 Å². The monoisotopic (exact) mass is 404 g/mol. The van der Waals surface area contributed by atoms with Crippen LogP contribution in [0.15, 0.2) is 36.4 Å². The fourth-order valence-corrected chi connectivity index (χ4v) is 4.10. The molecule has 0 atom stereocenters. The van der Waals surface area contributed by atoms with Crippen LogP contribution in [0.25, 0.3) is 46.4 Å². The van der Waals surface area contributed by atoms with Crippen LogP contribution in [-0.2, 0) is 6.42 Å². The molecule has 0 aliphatic carbocycles. The highest BCUT2D eigenvalue weighted by molar-refractivity contribution is 5.82. The van der Waals surface area contributed by atoms with Crippen LogP contribution >= 0.6 is 0 Å². The lowest BCUT2D eigenvalue weighted by Gasteiger charge is -2.02. The molecule has 3 aromatic heterocycles. The molecule has 2 N–H and O–H groups in total. The molecule has 0 aromatic carbocycles. The van der Waals surface area contributed by atoms with E-state index in [1.165, 1.54) is 18.4 Å². The molecule has 31 heavy (non-hydrogen) atoms. The van der Waals surface area contributed by atoms with Crippen molar-refractivity contribution in [2.75, 3.05) is 0 Å². The normalized spacial score (nSPS) is 12.3. The van der Waals surface area contributed by atoms with E-state index < -0.39 is 0 Å². The van der Waals surface area contributed by atoms with Crippen LogP contribution in [0.3, 0.4) is 0 Å². The molecule has 8 bridgehead atoms. The highest BCUT2D eigenvalue weighted by atomic mass is 14.8. The number of terminal acetylenes is 1. The van der Waals surface area contributed by atoms with Crippen LogP contribution in [0.4, 0.5) is 0 Å². The summed E-state index contributed by atoms with van der Waals surface area (Å²) in [6, 6.07) is 12.4. The molecule has 3 aromatic rings. The fourth-order valence-electron chi connectivity index (χ4n) is 4.10. The molecule has 4 heteroatoms. The lowest BCUT2D eigenvalue weighted by molar-refractivity contribution is 0.717. The van der Waals surface area contributed by atoms with Crippen LogP contribution in [0.2, 0.25) is 0 Å². The molecule has 2 aliphatic rings. The van der Waals surface area contributed by atoms with Crippen LogP contribution in [-0.4, -0.2) is 19.9 Å². The second-order valence-corrected chi connectivity index (χ2v) is 7.91. The number of hydrogen-bond acceptors (Lipinski definition) is 2. The van der Waals surface area contributed by atoms with E-state index in [1.807, 2.05) is 36.4 Å². The third-order valence-corrected chi connectivity index (χ3v) is 5.68. The minimum atomic E-state index is 0.766. The maximum absolute atomic E-state index is 5.90. The minimum Gasteiger partial charge on any atom is -0.355 e. The Hall–Kier alpha value is -3.84. The van der Waals surface area contributed by atoms with Gasteiger partial charge in [-0.15, -0.1) is 6.42 Å². The van der Waals surface area contributed by atoms with Gasteiger partial charge in [0.1, 0.15) is 0 Å². The van der Waals surface area contributed by atoms with Crippen molar-refractivity contribution in [2.24, 2.45) is 0 Å². The van der Waals surface area contributed by atoms with Crippen molar-refractivity contribution in [3.8, 4) is 12.3 Å². The molecule has 0 saturated heterocycles. The maximum atomic E-state index is 5.90. The smallest absolute Gasteiger partial charge is 0.0815 e. The third-order valence-electron chi connectivity index (χ3n) is 5.68. The number of aromatic amines is 2. The van der Waals surface area contributed by atoms with Crippen molar-refractivity contribution in [2.45, 2.75) is 32.6 Å². The number of hydrogen-bond donors (Lipinski definition) is 2. The Morgan fingerprint density at radius 1 is 0.806 bits per heavy atom. The van der Waals surface area contributed by atoms with Gasteiger partial charge in [0.25, 0.3) is 0 Å². The van der Waals surface area contributed by atoms with Crippen LogP contribution < -0.4 is 0 Å². The summed E-state index contributed by atoms with van der Waals surface area (Å²) in [6.07, 6.45) is 18.5. The molecule has 2 aliphatic heterocycles. The number of aryl methyl sites for hydroxylation is 1. The third kappa shape index (κ3) is 3.83. The number of fused-ring (bicyclic) bond motifs is 8. The van der Waals surface area contributed by atoms with E-state index in [9.17, 15) is 0 Å². The van der Waals surface area contributed by atoms with Gasteiger partial charge in [-0.1, -0.05) is 25.7 Å². The first-order valence-corrected chi connectivity index (χ1v) is 10.8. The number of nitrogens with zero attached hydrogens (tertiary/aromatic N) is 2. The number of aromatic nitrogens is 4. The van der Waals surface area contributed by atoms with E-state index in [1.54, 1.807) is 0 Å². The summed E-state index contributed by atoms with van der Waals surface area (Å²) in [5.41, 5.74) is 9.59. The number of nitrogens with one attached hydrogen (secondary N) is 2. The summed E-state index contributed by atoms with van der Waals surface area (Å²) in [5.74, 6) is 2.84. The van der Waals surface area contributed by atoms with Gasteiger partial charge in [-0.25, -0.2) is 9.97 Å². The predicted octanol–water partition coefficient (Wildman–Crippen LogP) is 6.37. The number of unbranched alkanes of at least 4 members (excludes halogenated alkanes) is 2. The van der Waals surface area contributed by atoms with E-state index in [2.05, 4.69) is 47.1 Å². The largest absolute Gasteiger partial charge is 0.355 e. The Balaban J connectivity index is 1.84. The van der Waals surface area contributed by atoms with Gasteiger partial charge in [-0.05, 0) is 73.5 Å². The topological polar surface area (TPSA) is 57.4 Å². The zero-order valence-corrected chi connectivity index (χ0v) is 17.6. The molecule has 0 amide bonds. The summed E-state index contributed by atoms with van der Waals surface area (Å²) in [5, 5.41) is 0. The average Bonchev–Trinajstić information content (AvgIpc) is 3.55. The fraction of sp³-hybridized carbons (Fsp3) is 0.185. The first kappa shape index (κ1) is 19.1. The van der Waals surface area contributed by atoms with Gasteiger partial charge in [0.05, 0.1) is 33.9 Å². The van der Waals surface area contributed by atoms with Crippen LogP contribution in [0.5, 0.6) is 0 Å². The van der Waals surface area contributed by atoms with Crippen LogP contribution in [0, 0.1) is 12.3 Å². The van der Waals surface area contributed by atoms with Gasteiger partial charge < -0.3 is 9.97 Å². The summed E-state index contributed by atoms with van der Waals surface area (Å²) in [6.45, 7) is 2.22. The Labute approximate surface area is 181 Å². The van der Waals surface area contributed by atoms with Crippen molar-refractivity contribution in [3.63, 3.8) is 0 Å². The second kappa shape index (κ2) is 8.12. The standard InChI is InChI=1S/C27H24N4/c1-3-5-6-7-23-26-13-11-21(30-26)17-19-9-8-18(28-19)16-20-10-12-24(29-20)22(4-2)25-14-15-27(23)31-25/h2,8-17,29-30H,3,5-7H2,1H3. The molecule has 152 valence electrons. The summed E-state index contributed by atoms with van der Waals surface area (Å²) < 4.78 is 0. The first-order chi connectivity index (χ1) is 15.2. The van der Waals surface area contributed by atoms with Crippen molar-refractivity contribution in [1.29, 1.82) is 0 Å². The average molecular weight is 405 g/mol. The zero-order chi connectivity index (χ0) is 21.2. The SMILES string of the molecule is C#Cc1c2nc(c(CCCCC)c3ccc(cc4nc(cc5ccc1[nH]5)C=C4)[nH]3)C=C2. The van der Waals surface area contributed by atoms with E-state index in [4.69, 9.17) is 16.4 Å². The molecule has 0 fully saturated rings. The van der Waals surface area contributed by atoms with E-state index >= 15 is 0 Å². The molecular weight excluding hydrogens is 380 g/mol. The van der Waals surface area contributed by atoms with Crippen molar-refractivity contribution in [1.82, 2.24) is 19.9 Å². The summed E-state index contributed by atoms with van der Waals surface area (Å²) in [7, 11) is 0. The highest BCUT2D eigenvalue weighted by Gasteiger charge is 2.11. The van der Waals surface area contributed by atoms with E-state index in [0.29, 0.717) is 0 Å². The Morgan fingerprint density at radius 2 is 1.48 bits per heavy atom. The van der Waals surface area contributed by atoms with Crippen molar-refractivity contribution >= 4 is 46.4 Å². The van der Waals surface area contributed by atoms with Gasteiger partial charge in [-0.2, -0.15) is 0 Å². The molecule has 0 unspecified atom stereocenters. The molecule has 5 heterocycles. The predicted molar refractivity (Wildman–Crippen MR) is 130 cm³/mol. The Kier molecular flexibility index (Phi) is 5.01. The maximum Gasteiger partial charge on any atom is 0.0815 e. The van der Waals surface area contributed by atoms with Crippen molar-refractivity contribution < 1.29 is 0 Å². The minimum absolute atomic E-state index is 0.766. The summed E-state index contributed by atoms with van der Waals surface area (Å²) >= 11 is 0. The molecular formula is C27H24N4. The first-order valence-electron chi connectivity index (χ1n) is 10.8. The molecule has 0 radical (unpaired) electrons. The lowest BCUT2D eigenvalue weighted by Crippen LogP contribution is -1.92. The van der Waals surface area contributed by atoms with Gasteiger partial charge in [0.2, 0.25) is 0 Å². The van der Waals surface area contributed by atoms with Gasteiger partial charge in [-0.3, -0.25) is 0 Å². The molecule has 5 rings (SSSR count). The Morgan fingerprint density at radius 3 is 2.19 bits per heavy atom. The number of H-pyrrole nitrogens is 2. The molecule has 0 spiro atoms. The molecule has 4 nitrogen and oxygen atoms in total. The zero-order valence-electron chi connectivity index (χ0n) is 17.6.